The fraction of sp³-hybridized carbons (Fsp3) is 0.333. The first-order valence-electron chi connectivity index (χ1n) is 7.25. The van der Waals surface area contributed by atoms with Crippen LogP contribution in [0, 0.1) is 6.92 Å². The van der Waals surface area contributed by atoms with E-state index in [2.05, 4.69) is 73.7 Å². The molecule has 0 bridgehead atoms. The molecule has 0 spiro atoms. The molecule has 1 unspecified atom stereocenters. The van der Waals surface area contributed by atoms with Gasteiger partial charge in [0.25, 0.3) is 0 Å². The molecule has 2 aromatic carbocycles. The van der Waals surface area contributed by atoms with E-state index in [1.165, 1.54) is 34.5 Å². The molecular weight excluding hydrogens is 244 g/mol. The van der Waals surface area contributed by atoms with Gasteiger partial charge in [-0.3, -0.25) is 0 Å². The Morgan fingerprint density at radius 2 is 1.95 bits per heavy atom. The van der Waals surface area contributed by atoms with Crippen molar-refractivity contribution in [2.24, 2.45) is 0 Å². The van der Waals surface area contributed by atoms with Gasteiger partial charge in [-0.2, -0.15) is 0 Å². The van der Waals surface area contributed by atoms with E-state index >= 15 is 0 Å². The number of benzene rings is 2. The number of rotatable bonds is 4. The molecule has 2 aromatic rings. The van der Waals surface area contributed by atoms with Crippen LogP contribution in [0.5, 0.6) is 0 Å². The van der Waals surface area contributed by atoms with Crippen LogP contribution in [0.2, 0.25) is 0 Å². The third-order valence-electron chi connectivity index (χ3n) is 4.20. The van der Waals surface area contributed by atoms with Crippen molar-refractivity contribution in [3.8, 4) is 0 Å². The van der Waals surface area contributed by atoms with Crippen molar-refractivity contribution in [1.82, 2.24) is 0 Å². The average molecular weight is 266 g/mol. The largest absolute Gasteiger partial charge is 0.384 e. The molecule has 0 aromatic heterocycles. The van der Waals surface area contributed by atoms with E-state index in [1.807, 2.05) is 0 Å². The molecule has 0 fully saturated rings. The van der Waals surface area contributed by atoms with Gasteiger partial charge < -0.3 is 10.2 Å². The Balaban J connectivity index is 1.67. The first-order chi connectivity index (χ1) is 9.65. The summed E-state index contributed by atoms with van der Waals surface area (Å²) in [6.45, 7) is 3.17. The van der Waals surface area contributed by atoms with Crippen molar-refractivity contribution in [1.29, 1.82) is 0 Å². The van der Waals surface area contributed by atoms with Gasteiger partial charge in [-0.25, -0.2) is 0 Å². The fourth-order valence-corrected chi connectivity index (χ4v) is 2.99. The van der Waals surface area contributed by atoms with Crippen molar-refractivity contribution in [2.45, 2.75) is 19.3 Å². The molecule has 1 atom stereocenters. The van der Waals surface area contributed by atoms with Crippen LogP contribution < -0.4 is 10.2 Å². The van der Waals surface area contributed by atoms with Crippen LogP contribution in [0.1, 0.15) is 22.6 Å². The first-order valence-corrected chi connectivity index (χ1v) is 7.25. The molecule has 0 radical (unpaired) electrons. The van der Waals surface area contributed by atoms with Gasteiger partial charge in [-0.05, 0) is 42.2 Å². The number of nitrogens with zero attached hydrogens (tertiary/aromatic N) is 1. The van der Waals surface area contributed by atoms with E-state index in [0.717, 1.165) is 6.54 Å². The maximum absolute atomic E-state index is 3.58. The first kappa shape index (κ1) is 13.0. The van der Waals surface area contributed by atoms with Crippen LogP contribution in [0.3, 0.4) is 0 Å². The highest BCUT2D eigenvalue weighted by atomic mass is 15.1. The number of aryl methyl sites for hydroxylation is 1. The molecule has 0 saturated carbocycles. The van der Waals surface area contributed by atoms with Crippen LogP contribution in [-0.2, 0) is 6.42 Å². The summed E-state index contributed by atoms with van der Waals surface area (Å²) in [5.74, 6) is 0.662. The zero-order valence-corrected chi connectivity index (χ0v) is 12.5. The van der Waals surface area contributed by atoms with Crippen molar-refractivity contribution in [2.75, 3.05) is 30.9 Å². The summed E-state index contributed by atoms with van der Waals surface area (Å²) in [4.78, 5) is 2.17. The summed E-state index contributed by atoms with van der Waals surface area (Å²) in [6.07, 6.45) is 1.20. The second-order valence-electron chi connectivity index (χ2n) is 5.88. The molecule has 0 heterocycles. The number of nitrogens with one attached hydrogen (secondary N) is 1. The lowest BCUT2D eigenvalue weighted by molar-refractivity contribution is 0.636. The molecule has 0 saturated heterocycles. The Bertz CT molecular complexity index is 617. The minimum absolute atomic E-state index is 0.662. The monoisotopic (exact) mass is 266 g/mol. The van der Waals surface area contributed by atoms with Crippen molar-refractivity contribution < 1.29 is 0 Å². The molecule has 1 aliphatic carbocycles. The highest BCUT2D eigenvalue weighted by Crippen LogP contribution is 2.35. The summed E-state index contributed by atoms with van der Waals surface area (Å²) in [5, 5.41) is 3.58. The number of hydrogen-bond donors (Lipinski definition) is 1. The maximum atomic E-state index is 3.58. The summed E-state index contributed by atoms with van der Waals surface area (Å²) in [6, 6.07) is 15.4. The van der Waals surface area contributed by atoms with Crippen molar-refractivity contribution in [3.63, 3.8) is 0 Å². The summed E-state index contributed by atoms with van der Waals surface area (Å²) in [7, 11) is 4.18. The third-order valence-corrected chi connectivity index (χ3v) is 4.20. The van der Waals surface area contributed by atoms with Crippen LogP contribution in [0.4, 0.5) is 11.4 Å². The van der Waals surface area contributed by atoms with Gasteiger partial charge >= 0.3 is 0 Å². The van der Waals surface area contributed by atoms with Crippen LogP contribution in [-0.4, -0.2) is 20.6 Å². The Morgan fingerprint density at radius 1 is 1.15 bits per heavy atom. The number of anilines is 2. The van der Waals surface area contributed by atoms with Crippen LogP contribution in [0.15, 0.2) is 42.5 Å². The van der Waals surface area contributed by atoms with E-state index < -0.39 is 0 Å². The van der Waals surface area contributed by atoms with Gasteiger partial charge in [0.05, 0.1) is 0 Å². The molecule has 20 heavy (non-hydrogen) atoms. The fourth-order valence-electron chi connectivity index (χ4n) is 2.99. The molecular formula is C18H22N2. The van der Waals surface area contributed by atoms with Gasteiger partial charge in [-0.1, -0.05) is 30.3 Å². The van der Waals surface area contributed by atoms with Gasteiger partial charge in [0.2, 0.25) is 0 Å². The molecule has 0 aliphatic heterocycles. The van der Waals surface area contributed by atoms with E-state index in [0.29, 0.717) is 5.92 Å². The molecule has 1 N–H and O–H groups in total. The smallest absolute Gasteiger partial charge is 0.0411 e. The van der Waals surface area contributed by atoms with Crippen LogP contribution in [0.25, 0.3) is 0 Å². The molecule has 0 amide bonds. The zero-order valence-electron chi connectivity index (χ0n) is 12.5. The lowest BCUT2D eigenvalue weighted by atomic mass is 9.77. The molecule has 3 rings (SSSR count). The average Bonchev–Trinajstić information content (AvgIpc) is 2.41. The predicted molar refractivity (Wildman–Crippen MR) is 86.9 cm³/mol. The highest BCUT2D eigenvalue weighted by molar-refractivity contribution is 5.62. The Labute approximate surface area is 121 Å². The third kappa shape index (κ3) is 2.38. The van der Waals surface area contributed by atoms with E-state index in [9.17, 15) is 0 Å². The minimum Gasteiger partial charge on any atom is -0.384 e. The number of hydrogen-bond acceptors (Lipinski definition) is 2. The number of fused-ring (bicyclic) bond motifs is 1. The topological polar surface area (TPSA) is 15.3 Å². The quantitative estimate of drug-likeness (QED) is 0.905. The second kappa shape index (κ2) is 5.20. The highest BCUT2D eigenvalue weighted by Gasteiger charge is 2.24. The van der Waals surface area contributed by atoms with E-state index in [4.69, 9.17) is 0 Å². The summed E-state index contributed by atoms with van der Waals surface area (Å²) in [5.41, 5.74) is 6.83. The second-order valence-corrected chi connectivity index (χ2v) is 5.88. The van der Waals surface area contributed by atoms with E-state index in [1.54, 1.807) is 0 Å². The zero-order chi connectivity index (χ0) is 14.1. The lowest BCUT2D eigenvalue weighted by Gasteiger charge is -2.30. The van der Waals surface area contributed by atoms with Gasteiger partial charge in [0.1, 0.15) is 0 Å². The van der Waals surface area contributed by atoms with Crippen molar-refractivity contribution in [3.05, 3.63) is 59.2 Å². The molecule has 104 valence electrons. The standard InChI is InChI=1S/C18H22N2/c1-13-8-9-16(11-18(13)20(2)3)19-12-15-10-14-6-4-5-7-17(14)15/h4-9,11,15,19H,10,12H2,1-3H3. The lowest BCUT2D eigenvalue weighted by Crippen LogP contribution is -2.24. The van der Waals surface area contributed by atoms with Crippen molar-refractivity contribution >= 4 is 11.4 Å². The normalized spacial score (nSPS) is 16.2. The molecule has 1 aliphatic rings. The minimum atomic E-state index is 0.662. The Morgan fingerprint density at radius 3 is 2.70 bits per heavy atom. The predicted octanol–water partition coefficient (Wildman–Crippen LogP) is 3.81. The SMILES string of the molecule is Cc1ccc(NCC2Cc3ccccc32)cc1N(C)C. The van der Waals surface area contributed by atoms with E-state index in [-0.39, 0.29) is 0 Å². The Hall–Kier alpha value is -1.96. The van der Waals surface area contributed by atoms with Crippen LogP contribution >= 0.6 is 0 Å². The van der Waals surface area contributed by atoms with Gasteiger partial charge in [-0.15, -0.1) is 0 Å². The van der Waals surface area contributed by atoms with Gasteiger partial charge in [0, 0.05) is 37.9 Å². The Kier molecular flexibility index (Phi) is 3.39. The summed E-state index contributed by atoms with van der Waals surface area (Å²) < 4.78 is 0. The van der Waals surface area contributed by atoms with Gasteiger partial charge in [0.15, 0.2) is 0 Å². The molecule has 2 heteroatoms. The maximum Gasteiger partial charge on any atom is 0.0411 e. The summed E-state index contributed by atoms with van der Waals surface area (Å²) >= 11 is 0. The molecule has 2 nitrogen and oxygen atoms in total.